The fourth-order valence-electron chi connectivity index (χ4n) is 2.90. The highest BCUT2D eigenvalue weighted by Gasteiger charge is 2.17. The third-order valence-corrected chi connectivity index (χ3v) is 4.37. The zero-order valence-corrected chi connectivity index (χ0v) is 15.1. The first-order valence-electron chi connectivity index (χ1n) is 8.82. The molecule has 1 aromatic heterocycles. The summed E-state index contributed by atoms with van der Waals surface area (Å²) in [5.74, 6) is -6.28. The first-order valence-corrected chi connectivity index (χ1v) is 8.82. The van der Waals surface area contributed by atoms with Crippen molar-refractivity contribution >= 4 is 0 Å². The zero-order chi connectivity index (χ0) is 20.3. The third kappa shape index (κ3) is 4.18. The van der Waals surface area contributed by atoms with E-state index in [0.717, 1.165) is 30.5 Å². The van der Waals surface area contributed by atoms with E-state index in [9.17, 15) is 22.0 Å². The Kier molecular flexibility index (Phi) is 6.02. The first kappa shape index (κ1) is 19.9. The lowest BCUT2D eigenvalue weighted by atomic mass is 10.0. The number of rotatable bonds is 6. The molecule has 28 heavy (non-hydrogen) atoms. The van der Waals surface area contributed by atoms with E-state index in [0.29, 0.717) is 0 Å². The summed E-state index contributed by atoms with van der Waals surface area (Å²) in [6.07, 6.45) is 4.88. The molecule has 0 radical (unpaired) electrons. The minimum absolute atomic E-state index is 0.0101. The van der Waals surface area contributed by atoms with Gasteiger partial charge in [0.2, 0.25) is 0 Å². The Morgan fingerprint density at radius 1 is 0.714 bits per heavy atom. The molecule has 0 saturated heterocycles. The molecule has 0 saturated carbocycles. The van der Waals surface area contributed by atoms with Crippen LogP contribution in [0.25, 0.3) is 11.4 Å². The quantitative estimate of drug-likeness (QED) is 0.404. The van der Waals surface area contributed by atoms with Crippen molar-refractivity contribution in [3.05, 3.63) is 82.4 Å². The topological polar surface area (TPSA) is 25.8 Å². The Morgan fingerprint density at radius 2 is 1.36 bits per heavy atom. The van der Waals surface area contributed by atoms with Gasteiger partial charge in [0.1, 0.15) is 0 Å². The molecule has 0 aliphatic heterocycles. The largest absolute Gasteiger partial charge is 0.236 e. The Morgan fingerprint density at radius 3 is 1.96 bits per heavy atom. The van der Waals surface area contributed by atoms with Gasteiger partial charge in [-0.15, -0.1) is 0 Å². The fourth-order valence-corrected chi connectivity index (χ4v) is 2.90. The van der Waals surface area contributed by atoms with Gasteiger partial charge in [-0.3, -0.25) is 0 Å². The molecule has 0 aliphatic carbocycles. The average Bonchev–Trinajstić information content (AvgIpc) is 2.68. The Labute approximate surface area is 159 Å². The molecule has 7 heteroatoms. The number of halogens is 5. The highest BCUT2D eigenvalue weighted by molar-refractivity contribution is 5.56. The van der Waals surface area contributed by atoms with Crippen molar-refractivity contribution in [1.82, 2.24) is 9.97 Å². The van der Waals surface area contributed by atoms with Gasteiger partial charge in [0.15, 0.2) is 34.9 Å². The minimum atomic E-state index is -1.56. The van der Waals surface area contributed by atoms with E-state index in [-0.39, 0.29) is 35.4 Å². The second-order valence-electron chi connectivity index (χ2n) is 6.44. The SMILES string of the molecule is CCCc1cnc(-c2ccc(CCc3cc(F)c(F)c(F)c3)c(F)c2F)nc1. The summed E-state index contributed by atoms with van der Waals surface area (Å²) in [6, 6.07) is 4.43. The van der Waals surface area contributed by atoms with Crippen molar-refractivity contribution in [2.45, 2.75) is 32.6 Å². The molecule has 0 amide bonds. The standard InChI is InChI=1S/C21H17F5N2/c1-2-3-13-10-27-21(28-11-13)15-7-6-14(18(24)19(15)25)5-4-12-8-16(22)20(26)17(23)9-12/h6-11H,2-5H2,1H3. The van der Waals surface area contributed by atoms with Gasteiger partial charge in [0.05, 0.1) is 5.56 Å². The maximum Gasteiger partial charge on any atom is 0.194 e. The minimum Gasteiger partial charge on any atom is -0.236 e. The van der Waals surface area contributed by atoms with Crippen LogP contribution in [0.3, 0.4) is 0 Å². The molecule has 0 unspecified atom stereocenters. The highest BCUT2D eigenvalue weighted by atomic mass is 19.2. The van der Waals surface area contributed by atoms with Crippen molar-refractivity contribution in [3.8, 4) is 11.4 Å². The van der Waals surface area contributed by atoms with E-state index in [1.54, 1.807) is 12.4 Å². The van der Waals surface area contributed by atoms with Crippen LogP contribution in [0.15, 0.2) is 36.7 Å². The van der Waals surface area contributed by atoms with E-state index in [2.05, 4.69) is 9.97 Å². The normalized spacial score (nSPS) is 11.1. The molecule has 2 nitrogen and oxygen atoms in total. The van der Waals surface area contributed by atoms with Gasteiger partial charge >= 0.3 is 0 Å². The Hall–Kier alpha value is -2.83. The maximum atomic E-state index is 14.5. The molecule has 2 aromatic carbocycles. The van der Waals surface area contributed by atoms with Crippen LogP contribution in [0.1, 0.15) is 30.0 Å². The summed E-state index contributed by atoms with van der Waals surface area (Å²) < 4.78 is 68.4. The Bertz CT molecular complexity index is 964. The maximum absolute atomic E-state index is 14.5. The third-order valence-electron chi connectivity index (χ3n) is 4.37. The van der Waals surface area contributed by atoms with E-state index >= 15 is 0 Å². The van der Waals surface area contributed by atoms with E-state index in [1.807, 2.05) is 6.92 Å². The van der Waals surface area contributed by atoms with Gasteiger partial charge in [-0.2, -0.15) is 0 Å². The van der Waals surface area contributed by atoms with Crippen LogP contribution in [-0.2, 0) is 19.3 Å². The van der Waals surface area contributed by atoms with Crippen LogP contribution in [0.5, 0.6) is 0 Å². The number of hydrogen-bond acceptors (Lipinski definition) is 2. The molecule has 1 heterocycles. The van der Waals surface area contributed by atoms with E-state index in [4.69, 9.17) is 0 Å². The van der Waals surface area contributed by atoms with Crippen LogP contribution in [-0.4, -0.2) is 9.97 Å². The summed E-state index contributed by atoms with van der Waals surface area (Å²) in [5.41, 5.74) is 1.02. The predicted octanol–water partition coefficient (Wildman–Crippen LogP) is 5.58. The lowest BCUT2D eigenvalue weighted by Gasteiger charge is -2.09. The van der Waals surface area contributed by atoms with Crippen molar-refractivity contribution in [3.63, 3.8) is 0 Å². The molecule has 3 aromatic rings. The van der Waals surface area contributed by atoms with Gasteiger partial charge in [-0.25, -0.2) is 31.9 Å². The highest BCUT2D eigenvalue weighted by Crippen LogP contribution is 2.25. The van der Waals surface area contributed by atoms with E-state index in [1.165, 1.54) is 12.1 Å². The summed E-state index contributed by atoms with van der Waals surface area (Å²) in [6.45, 7) is 2.01. The van der Waals surface area contributed by atoms with Crippen molar-refractivity contribution in [2.75, 3.05) is 0 Å². The number of benzene rings is 2. The fraction of sp³-hybridized carbons (Fsp3) is 0.238. The molecule has 3 rings (SSSR count). The number of nitrogens with zero attached hydrogens (tertiary/aromatic N) is 2. The molecule has 0 N–H and O–H groups in total. The predicted molar refractivity (Wildman–Crippen MR) is 95.1 cm³/mol. The summed E-state index contributed by atoms with van der Waals surface area (Å²) >= 11 is 0. The second-order valence-corrected chi connectivity index (χ2v) is 6.44. The van der Waals surface area contributed by atoms with Gasteiger partial charge in [0, 0.05) is 12.4 Å². The molecule has 0 fully saturated rings. The van der Waals surface area contributed by atoms with Crippen LogP contribution in [0.4, 0.5) is 22.0 Å². The molecular weight excluding hydrogens is 375 g/mol. The van der Waals surface area contributed by atoms with Crippen molar-refractivity contribution in [1.29, 1.82) is 0 Å². The van der Waals surface area contributed by atoms with E-state index < -0.39 is 29.1 Å². The van der Waals surface area contributed by atoms with Crippen LogP contribution >= 0.6 is 0 Å². The molecular formula is C21H17F5N2. The Balaban J connectivity index is 1.80. The molecule has 0 aliphatic rings. The number of aromatic nitrogens is 2. The van der Waals surface area contributed by atoms with Crippen LogP contribution < -0.4 is 0 Å². The lowest BCUT2D eigenvalue weighted by molar-refractivity contribution is 0.445. The summed E-state index contributed by atoms with van der Waals surface area (Å²) in [5, 5.41) is 0. The molecule has 0 atom stereocenters. The monoisotopic (exact) mass is 392 g/mol. The lowest BCUT2D eigenvalue weighted by Crippen LogP contribution is -2.02. The van der Waals surface area contributed by atoms with Crippen LogP contribution in [0, 0.1) is 29.1 Å². The summed E-state index contributed by atoms with van der Waals surface area (Å²) in [7, 11) is 0. The zero-order valence-electron chi connectivity index (χ0n) is 15.1. The van der Waals surface area contributed by atoms with Gasteiger partial charge in [0.25, 0.3) is 0 Å². The average molecular weight is 392 g/mol. The van der Waals surface area contributed by atoms with Gasteiger partial charge < -0.3 is 0 Å². The van der Waals surface area contributed by atoms with Crippen molar-refractivity contribution in [2.24, 2.45) is 0 Å². The number of aryl methyl sites for hydroxylation is 3. The number of hydrogen-bond donors (Lipinski definition) is 0. The smallest absolute Gasteiger partial charge is 0.194 e. The van der Waals surface area contributed by atoms with Gasteiger partial charge in [-0.1, -0.05) is 19.4 Å². The van der Waals surface area contributed by atoms with Gasteiger partial charge in [-0.05, 0) is 54.2 Å². The van der Waals surface area contributed by atoms with Crippen LogP contribution in [0.2, 0.25) is 0 Å². The first-order chi connectivity index (χ1) is 13.4. The van der Waals surface area contributed by atoms with Crippen molar-refractivity contribution < 1.29 is 22.0 Å². The molecule has 0 bridgehead atoms. The molecule has 0 spiro atoms. The second kappa shape index (κ2) is 8.46. The molecule has 146 valence electrons. The summed E-state index contributed by atoms with van der Waals surface area (Å²) in [4.78, 5) is 8.17.